The summed E-state index contributed by atoms with van der Waals surface area (Å²) in [7, 11) is 1.59. The average Bonchev–Trinajstić information content (AvgIpc) is 3.00. The highest BCUT2D eigenvalue weighted by atomic mass is 79.9. The highest BCUT2D eigenvalue weighted by molar-refractivity contribution is 9.10. The Hall–Kier alpha value is -2.88. The van der Waals surface area contributed by atoms with Crippen LogP contribution < -0.4 is 5.32 Å². The smallest absolute Gasteiger partial charge is 0.413 e. The van der Waals surface area contributed by atoms with Gasteiger partial charge in [0.1, 0.15) is 6.10 Å². The van der Waals surface area contributed by atoms with E-state index in [-0.39, 0.29) is 11.4 Å². The van der Waals surface area contributed by atoms with Gasteiger partial charge in [0.25, 0.3) is 0 Å². The molecular weight excluding hydrogens is 436 g/mol. The van der Waals surface area contributed by atoms with Gasteiger partial charge < -0.3 is 4.74 Å². The lowest BCUT2D eigenvalue weighted by Crippen LogP contribution is -2.19. The van der Waals surface area contributed by atoms with Crippen molar-refractivity contribution < 1.29 is 18.3 Å². The zero-order valence-corrected chi connectivity index (χ0v) is 16.8. The van der Waals surface area contributed by atoms with Crippen molar-refractivity contribution in [3.8, 4) is 11.4 Å². The summed E-state index contributed by atoms with van der Waals surface area (Å²) in [5.74, 6) is -1.81. The lowest BCUT2D eigenvalue weighted by molar-refractivity contribution is 0.118. The van der Waals surface area contributed by atoms with E-state index >= 15 is 0 Å². The van der Waals surface area contributed by atoms with E-state index in [4.69, 9.17) is 4.74 Å². The van der Waals surface area contributed by atoms with Crippen molar-refractivity contribution in [2.45, 2.75) is 20.0 Å². The lowest BCUT2D eigenvalue weighted by Gasteiger charge is -2.15. The van der Waals surface area contributed by atoms with Crippen LogP contribution >= 0.6 is 15.9 Å². The molecule has 0 fully saturated rings. The molecule has 1 amide bonds. The second kappa shape index (κ2) is 8.01. The Morgan fingerprint density at radius 3 is 2.75 bits per heavy atom. The summed E-state index contributed by atoms with van der Waals surface area (Å²) in [4.78, 5) is 16.7. The first-order valence-corrected chi connectivity index (χ1v) is 9.02. The Balaban J connectivity index is 1.80. The summed E-state index contributed by atoms with van der Waals surface area (Å²) < 4.78 is 34.6. The van der Waals surface area contributed by atoms with Crippen molar-refractivity contribution in [1.29, 1.82) is 0 Å². The van der Waals surface area contributed by atoms with Crippen LogP contribution in [0.15, 0.2) is 34.8 Å². The van der Waals surface area contributed by atoms with Gasteiger partial charge in [-0.2, -0.15) is 0 Å². The summed E-state index contributed by atoms with van der Waals surface area (Å²) >= 11 is 3.38. The van der Waals surface area contributed by atoms with Crippen LogP contribution in [0.3, 0.4) is 0 Å². The molecule has 0 radical (unpaired) electrons. The number of carbonyl (C=O) groups is 1. The van der Waals surface area contributed by atoms with Gasteiger partial charge in [-0.15, -0.1) is 5.10 Å². The Bertz CT molecular complexity index is 1040. The fraction of sp³-hybridized carbons (Fsp3) is 0.222. The number of nitrogens with zero attached hydrogens (tertiary/aromatic N) is 4. The van der Waals surface area contributed by atoms with E-state index in [1.807, 2.05) is 13.0 Å². The summed E-state index contributed by atoms with van der Waals surface area (Å²) in [5.41, 5.74) is 1.53. The zero-order valence-electron chi connectivity index (χ0n) is 15.2. The summed E-state index contributed by atoms with van der Waals surface area (Å²) in [6.45, 7) is 3.26. The molecule has 0 aliphatic heterocycles. The Kier molecular flexibility index (Phi) is 5.68. The number of aryl methyl sites for hydroxylation is 2. The first-order chi connectivity index (χ1) is 13.3. The summed E-state index contributed by atoms with van der Waals surface area (Å²) in [6, 6.07) is 7.22. The molecule has 0 bridgehead atoms. The van der Waals surface area contributed by atoms with Gasteiger partial charge in [0.15, 0.2) is 23.1 Å². The second-order valence-electron chi connectivity index (χ2n) is 5.99. The number of aromatic nitrogens is 4. The van der Waals surface area contributed by atoms with Gasteiger partial charge in [-0.1, -0.05) is 17.3 Å². The highest BCUT2D eigenvalue weighted by Crippen LogP contribution is 2.27. The van der Waals surface area contributed by atoms with Crippen molar-refractivity contribution >= 4 is 27.8 Å². The number of pyridine rings is 1. The maximum atomic E-state index is 13.9. The van der Waals surface area contributed by atoms with Gasteiger partial charge in [-0.05, 0) is 48.0 Å². The third-order valence-corrected chi connectivity index (χ3v) is 4.85. The standard InChI is InChI=1S/C18H16BrF2N5O2/c1-9-12(19)7-8-14(22-9)16-17(26(3)25-24-16)23-18(27)28-10(2)11-5-4-6-13(20)15(11)21/h4-8,10H,1-3H3,(H,23,27)/t10-/m1/s1. The van der Waals surface area contributed by atoms with Crippen molar-refractivity contribution in [3.05, 3.63) is 57.7 Å². The molecule has 0 saturated carbocycles. The number of amides is 1. The fourth-order valence-corrected chi connectivity index (χ4v) is 2.75. The van der Waals surface area contributed by atoms with Crippen molar-refractivity contribution in [2.24, 2.45) is 7.05 Å². The molecule has 3 aromatic rings. The van der Waals surface area contributed by atoms with Crippen molar-refractivity contribution in [1.82, 2.24) is 20.0 Å². The highest BCUT2D eigenvalue weighted by Gasteiger charge is 2.21. The first kappa shape index (κ1) is 19.9. The number of hydrogen-bond donors (Lipinski definition) is 1. The minimum absolute atomic E-state index is 0.0660. The molecule has 7 nitrogen and oxygen atoms in total. The molecule has 0 spiro atoms. The van der Waals surface area contributed by atoms with Crippen LogP contribution in [0.4, 0.5) is 19.4 Å². The van der Waals surface area contributed by atoms with Crippen LogP contribution in [-0.4, -0.2) is 26.1 Å². The van der Waals surface area contributed by atoms with Gasteiger partial charge in [0.2, 0.25) is 0 Å². The molecule has 2 heterocycles. The number of benzene rings is 1. The van der Waals surface area contributed by atoms with Gasteiger partial charge in [-0.3, -0.25) is 10.3 Å². The number of nitrogens with one attached hydrogen (secondary N) is 1. The quantitative estimate of drug-likeness (QED) is 0.629. The normalized spacial score (nSPS) is 11.9. The van der Waals surface area contributed by atoms with E-state index in [9.17, 15) is 13.6 Å². The van der Waals surface area contributed by atoms with Gasteiger partial charge in [0, 0.05) is 17.1 Å². The number of ether oxygens (including phenoxy) is 1. The number of rotatable bonds is 4. The SMILES string of the molecule is Cc1nc(-c2nnn(C)c2NC(=O)O[C@H](C)c2cccc(F)c2F)ccc1Br. The molecule has 0 unspecified atom stereocenters. The molecule has 1 aromatic carbocycles. The van der Waals surface area contributed by atoms with Crippen molar-refractivity contribution in [2.75, 3.05) is 5.32 Å². The van der Waals surface area contributed by atoms with Crippen LogP contribution in [0.25, 0.3) is 11.4 Å². The maximum Gasteiger partial charge on any atom is 0.413 e. The van der Waals surface area contributed by atoms with Crippen LogP contribution in [0.5, 0.6) is 0 Å². The largest absolute Gasteiger partial charge is 0.441 e. The van der Waals surface area contributed by atoms with E-state index in [1.54, 1.807) is 13.1 Å². The van der Waals surface area contributed by atoms with Gasteiger partial charge in [0.05, 0.1) is 11.4 Å². The minimum atomic E-state index is -1.06. The first-order valence-electron chi connectivity index (χ1n) is 8.22. The predicted molar refractivity (Wildman–Crippen MR) is 102 cm³/mol. The fourth-order valence-electron chi connectivity index (χ4n) is 2.53. The topological polar surface area (TPSA) is 81.9 Å². The van der Waals surface area contributed by atoms with Gasteiger partial charge >= 0.3 is 6.09 Å². The third-order valence-electron chi connectivity index (χ3n) is 4.01. The van der Waals surface area contributed by atoms with E-state index in [0.717, 1.165) is 16.2 Å². The Morgan fingerprint density at radius 2 is 2.04 bits per heavy atom. The van der Waals surface area contributed by atoms with E-state index in [1.165, 1.54) is 23.7 Å². The van der Waals surface area contributed by atoms with E-state index in [0.29, 0.717) is 11.4 Å². The average molecular weight is 452 g/mol. The monoisotopic (exact) mass is 451 g/mol. The molecule has 28 heavy (non-hydrogen) atoms. The number of anilines is 1. The van der Waals surface area contributed by atoms with Crippen LogP contribution in [-0.2, 0) is 11.8 Å². The third kappa shape index (κ3) is 4.01. The molecule has 3 rings (SSSR count). The summed E-state index contributed by atoms with van der Waals surface area (Å²) in [6.07, 6.45) is -1.87. The number of halogens is 3. The Labute approximate surface area is 167 Å². The van der Waals surface area contributed by atoms with E-state index in [2.05, 4.69) is 36.5 Å². The molecule has 1 atom stereocenters. The molecule has 0 aliphatic rings. The lowest BCUT2D eigenvalue weighted by atomic mass is 10.1. The molecule has 0 saturated heterocycles. The molecule has 146 valence electrons. The molecule has 0 aliphatic carbocycles. The van der Waals surface area contributed by atoms with Gasteiger partial charge in [-0.25, -0.2) is 18.3 Å². The predicted octanol–water partition coefficient (Wildman–Crippen LogP) is 4.54. The van der Waals surface area contributed by atoms with Crippen LogP contribution in [0.1, 0.15) is 24.3 Å². The molecular formula is C18H16BrF2N5O2. The Morgan fingerprint density at radius 1 is 1.29 bits per heavy atom. The van der Waals surface area contributed by atoms with Crippen LogP contribution in [0.2, 0.25) is 0 Å². The summed E-state index contributed by atoms with van der Waals surface area (Å²) in [5, 5.41) is 10.5. The van der Waals surface area contributed by atoms with Crippen LogP contribution in [0, 0.1) is 18.6 Å². The maximum absolute atomic E-state index is 13.9. The molecule has 10 heteroatoms. The van der Waals surface area contributed by atoms with Crippen molar-refractivity contribution in [3.63, 3.8) is 0 Å². The second-order valence-corrected chi connectivity index (χ2v) is 6.84. The number of hydrogen-bond acceptors (Lipinski definition) is 5. The van der Waals surface area contributed by atoms with E-state index < -0.39 is 23.8 Å². The minimum Gasteiger partial charge on any atom is -0.441 e. The number of carbonyl (C=O) groups excluding carboxylic acids is 1. The zero-order chi connectivity index (χ0) is 20.4. The molecule has 2 aromatic heterocycles. The molecule has 1 N–H and O–H groups in total.